The van der Waals surface area contributed by atoms with Crippen LogP contribution >= 0.6 is 11.3 Å². The monoisotopic (exact) mass is 323 g/mol. The summed E-state index contributed by atoms with van der Waals surface area (Å²) < 4.78 is 5.14. The van der Waals surface area contributed by atoms with Gasteiger partial charge < -0.3 is 10.1 Å². The van der Waals surface area contributed by atoms with Gasteiger partial charge in [-0.1, -0.05) is 20.3 Å². The fourth-order valence-electron chi connectivity index (χ4n) is 2.43. The van der Waals surface area contributed by atoms with Gasteiger partial charge in [-0.05, 0) is 50.2 Å². The lowest BCUT2D eigenvalue weighted by atomic mass is 10.1. The number of carbonyl (C=O) groups is 2. The minimum atomic E-state index is -0.384. The first-order chi connectivity index (χ1) is 10.5. The first-order valence-corrected chi connectivity index (χ1v) is 8.87. The normalized spacial score (nSPS) is 15.8. The van der Waals surface area contributed by atoms with Gasteiger partial charge in [0, 0.05) is 10.9 Å². The van der Waals surface area contributed by atoms with E-state index in [1.54, 1.807) is 0 Å². The third kappa shape index (κ3) is 4.57. The number of carbonyl (C=O) groups excluding carboxylic acids is 2. The number of amides is 1. The lowest BCUT2D eigenvalue weighted by Gasteiger charge is -2.17. The zero-order valence-corrected chi connectivity index (χ0v) is 14.4. The molecule has 1 heterocycles. The van der Waals surface area contributed by atoms with Crippen LogP contribution in [0.3, 0.4) is 0 Å². The molecule has 5 heteroatoms. The van der Waals surface area contributed by atoms with Crippen molar-refractivity contribution in [3.63, 3.8) is 0 Å². The summed E-state index contributed by atoms with van der Waals surface area (Å²) in [6.07, 6.45) is 5.74. The molecular weight excluding hydrogens is 298 g/mol. The van der Waals surface area contributed by atoms with Crippen LogP contribution in [0.25, 0.3) is 0 Å². The van der Waals surface area contributed by atoms with Gasteiger partial charge in [0.1, 0.15) is 4.88 Å². The Labute approximate surface area is 136 Å². The van der Waals surface area contributed by atoms with Gasteiger partial charge in [-0.2, -0.15) is 0 Å². The predicted molar refractivity (Wildman–Crippen MR) is 88.3 cm³/mol. The van der Waals surface area contributed by atoms with Crippen molar-refractivity contribution in [3.8, 4) is 0 Å². The van der Waals surface area contributed by atoms with Gasteiger partial charge in [0.25, 0.3) is 5.91 Å². The van der Waals surface area contributed by atoms with Crippen molar-refractivity contribution in [1.29, 1.82) is 0 Å². The van der Waals surface area contributed by atoms with Gasteiger partial charge in [-0.25, -0.2) is 4.79 Å². The van der Waals surface area contributed by atoms with Crippen LogP contribution in [0.15, 0.2) is 6.07 Å². The molecule has 0 aromatic carbocycles. The predicted octanol–water partition coefficient (Wildman–Crippen LogP) is 3.33. The Hall–Kier alpha value is -1.36. The van der Waals surface area contributed by atoms with E-state index in [-0.39, 0.29) is 24.5 Å². The molecule has 1 unspecified atom stereocenters. The van der Waals surface area contributed by atoms with Crippen molar-refractivity contribution in [2.24, 2.45) is 5.92 Å². The van der Waals surface area contributed by atoms with E-state index in [4.69, 9.17) is 4.74 Å². The molecule has 1 aliphatic rings. The van der Waals surface area contributed by atoms with E-state index in [9.17, 15) is 9.59 Å². The lowest BCUT2D eigenvalue weighted by Crippen LogP contribution is -2.38. The van der Waals surface area contributed by atoms with Gasteiger partial charge in [0.05, 0.1) is 0 Å². The van der Waals surface area contributed by atoms with Gasteiger partial charge >= 0.3 is 5.97 Å². The van der Waals surface area contributed by atoms with Crippen molar-refractivity contribution in [1.82, 2.24) is 5.32 Å². The van der Waals surface area contributed by atoms with Gasteiger partial charge in [0.2, 0.25) is 0 Å². The molecule has 122 valence electrons. The van der Waals surface area contributed by atoms with E-state index in [1.807, 2.05) is 26.8 Å². The summed E-state index contributed by atoms with van der Waals surface area (Å²) in [7, 11) is 0. The zero-order valence-electron chi connectivity index (χ0n) is 13.6. The van der Waals surface area contributed by atoms with Gasteiger partial charge in [-0.15, -0.1) is 11.3 Å². The van der Waals surface area contributed by atoms with Crippen molar-refractivity contribution in [2.45, 2.75) is 58.9 Å². The second-order valence-electron chi connectivity index (χ2n) is 6.30. The highest BCUT2D eigenvalue weighted by Gasteiger charge is 2.19. The van der Waals surface area contributed by atoms with Crippen LogP contribution in [0.4, 0.5) is 0 Å². The van der Waals surface area contributed by atoms with Crippen LogP contribution in [-0.2, 0) is 22.4 Å². The third-order valence-corrected chi connectivity index (χ3v) is 5.39. The van der Waals surface area contributed by atoms with E-state index in [0.29, 0.717) is 10.8 Å². The molecule has 1 amide bonds. The van der Waals surface area contributed by atoms with Crippen LogP contribution in [0.2, 0.25) is 0 Å². The molecule has 0 bridgehead atoms. The molecule has 0 fully saturated rings. The van der Waals surface area contributed by atoms with E-state index in [2.05, 4.69) is 5.32 Å². The molecule has 1 atom stereocenters. The maximum Gasteiger partial charge on any atom is 0.348 e. The largest absolute Gasteiger partial charge is 0.451 e. The summed E-state index contributed by atoms with van der Waals surface area (Å²) in [5, 5.41) is 2.83. The number of rotatable bonds is 5. The lowest BCUT2D eigenvalue weighted by molar-refractivity contribution is -0.125. The van der Waals surface area contributed by atoms with Crippen LogP contribution in [0, 0.1) is 5.92 Å². The Morgan fingerprint density at radius 3 is 2.68 bits per heavy atom. The average molecular weight is 323 g/mol. The van der Waals surface area contributed by atoms with Crippen molar-refractivity contribution < 1.29 is 14.3 Å². The van der Waals surface area contributed by atoms with Crippen molar-refractivity contribution >= 4 is 23.2 Å². The summed E-state index contributed by atoms with van der Waals surface area (Å²) in [6.45, 7) is 5.81. The third-order valence-electron chi connectivity index (χ3n) is 4.17. The zero-order chi connectivity index (χ0) is 16.1. The number of ether oxygens (including phenoxy) is 1. The quantitative estimate of drug-likeness (QED) is 0.668. The van der Waals surface area contributed by atoms with E-state index < -0.39 is 0 Å². The molecule has 1 N–H and O–H groups in total. The Kier molecular flexibility index (Phi) is 6.00. The molecule has 22 heavy (non-hydrogen) atoms. The molecule has 1 aromatic rings. The Balaban J connectivity index is 1.86. The second-order valence-corrected chi connectivity index (χ2v) is 7.43. The SMILES string of the molecule is CC(C)C(C)NC(=O)COC(=O)c1cc2c(s1)CCCCC2. The van der Waals surface area contributed by atoms with Crippen molar-refractivity contribution in [2.75, 3.05) is 6.61 Å². The molecular formula is C17H25NO3S. The first-order valence-electron chi connectivity index (χ1n) is 8.05. The molecule has 0 spiro atoms. The van der Waals surface area contributed by atoms with Crippen LogP contribution in [0.1, 0.15) is 60.1 Å². The fourth-order valence-corrected chi connectivity index (χ4v) is 3.58. The number of fused-ring (bicyclic) bond motifs is 1. The molecule has 2 rings (SSSR count). The highest BCUT2D eigenvalue weighted by Crippen LogP contribution is 2.29. The molecule has 0 saturated carbocycles. The second kappa shape index (κ2) is 7.77. The number of thiophene rings is 1. The Morgan fingerprint density at radius 1 is 1.23 bits per heavy atom. The van der Waals surface area contributed by atoms with E-state index in [1.165, 1.54) is 41.0 Å². The molecule has 1 aliphatic carbocycles. The molecule has 0 saturated heterocycles. The molecule has 0 radical (unpaired) electrons. The summed E-state index contributed by atoms with van der Waals surface area (Å²) in [6, 6.07) is 2.02. The number of esters is 1. The highest BCUT2D eigenvalue weighted by atomic mass is 32.1. The number of nitrogens with one attached hydrogen (secondary N) is 1. The summed E-state index contributed by atoms with van der Waals surface area (Å²) in [4.78, 5) is 25.8. The van der Waals surface area contributed by atoms with Crippen LogP contribution in [-0.4, -0.2) is 24.5 Å². The van der Waals surface area contributed by atoms with Crippen LogP contribution < -0.4 is 5.32 Å². The fraction of sp³-hybridized carbons (Fsp3) is 0.647. The summed E-state index contributed by atoms with van der Waals surface area (Å²) in [5.74, 6) is -0.272. The van der Waals surface area contributed by atoms with Crippen LogP contribution in [0.5, 0.6) is 0 Å². The Bertz CT molecular complexity index is 513. The number of hydrogen-bond donors (Lipinski definition) is 1. The highest BCUT2D eigenvalue weighted by molar-refractivity contribution is 7.14. The van der Waals surface area contributed by atoms with E-state index in [0.717, 1.165) is 12.8 Å². The van der Waals surface area contributed by atoms with Gasteiger partial charge in [0.15, 0.2) is 6.61 Å². The minimum absolute atomic E-state index is 0.0732. The summed E-state index contributed by atoms with van der Waals surface area (Å²) in [5.41, 5.74) is 1.28. The average Bonchev–Trinajstić information content (AvgIpc) is 2.76. The summed E-state index contributed by atoms with van der Waals surface area (Å²) >= 11 is 1.52. The maximum atomic E-state index is 12.1. The molecule has 0 aliphatic heterocycles. The topological polar surface area (TPSA) is 55.4 Å². The molecule has 4 nitrogen and oxygen atoms in total. The Morgan fingerprint density at radius 2 is 1.95 bits per heavy atom. The maximum absolute atomic E-state index is 12.1. The minimum Gasteiger partial charge on any atom is -0.451 e. The van der Waals surface area contributed by atoms with E-state index >= 15 is 0 Å². The molecule has 1 aromatic heterocycles. The smallest absolute Gasteiger partial charge is 0.348 e. The van der Waals surface area contributed by atoms with Gasteiger partial charge in [-0.3, -0.25) is 4.79 Å². The number of aryl methyl sites for hydroxylation is 2. The number of hydrogen-bond acceptors (Lipinski definition) is 4. The van der Waals surface area contributed by atoms with Crippen molar-refractivity contribution in [3.05, 3.63) is 21.4 Å². The first kappa shape index (κ1) is 17.0. The standard InChI is InChI=1S/C17H25NO3S/c1-11(2)12(3)18-16(19)10-21-17(20)15-9-13-7-5-4-6-8-14(13)22-15/h9,11-12H,4-8,10H2,1-3H3,(H,18,19).